The predicted octanol–water partition coefficient (Wildman–Crippen LogP) is 14.4. The molecule has 0 unspecified atom stereocenters. The Labute approximate surface area is 302 Å². The number of benzene rings is 9. The third-order valence-electron chi connectivity index (χ3n) is 10.3. The number of anilines is 3. The van der Waals surface area contributed by atoms with Gasteiger partial charge in [-0.25, -0.2) is 0 Å². The zero-order chi connectivity index (χ0) is 34.4. The molecule has 0 radical (unpaired) electrons. The van der Waals surface area contributed by atoms with Gasteiger partial charge in [0.1, 0.15) is 5.58 Å². The molecule has 0 spiro atoms. The molecule has 1 heterocycles. The molecule has 0 bridgehead atoms. The van der Waals surface area contributed by atoms with E-state index in [4.69, 9.17) is 4.42 Å². The molecular weight excluding hydrogens is 631 g/mol. The molecule has 52 heavy (non-hydrogen) atoms. The van der Waals surface area contributed by atoms with E-state index in [0.717, 1.165) is 50.1 Å². The van der Waals surface area contributed by atoms with E-state index in [2.05, 4.69) is 199 Å². The van der Waals surface area contributed by atoms with Gasteiger partial charge in [-0.15, -0.1) is 0 Å². The van der Waals surface area contributed by atoms with Gasteiger partial charge in [0.2, 0.25) is 0 Å². The van der Waals surface area contributed by atoms with E-state index in [1.165, 1.54) is 43.8 Å². The van der Waals surface area contributed by atoms with E-state index in [9.17, 15) is 0 Å². The highest BCUT2D eigenvalue weighted by Gasteiger charge is 2.23. The summed E-state index contributed by atoms with van der Waals surface area (Å²) in [6.07, 6.45) is 0. The van der Waals surface area contributed by atoms with E-state index in [1.807, 2.05) is 6.07 Å². The van der Waals surface area contributed by atoms with Crippen LogP contribution < -0.4 is 4.90 Å². The highest BCUT2D eigenvalue weighted by Crippen LogP contribution is 2.48. The second-order valence-corrected chi connectivity index (χ2v) is 13.3. The molecule has 10 rings (SSSR count). The topological polar surface area (TPSA) is 16.4 Å². The average Bonchev–Trinajstić information content (AvgIpc) is 3.61. The fraction of sp³-hybridized carbons (Fsp3) is 0. The minimum atomic E-state index is 0.861. The first-order valence-corrected chi connectivity index (χ1v) is 17.8. The highest BCUT2D eigenvalue weighted by atomic mass is 16.3. The van der Waals surface area contributed by atoms with E-state index in [1.54, 1.807) is 0 Å². The van der Waals surface area contributed by atoms with Crippen LogP contribution in [-0.2, 0) is 0 Å². The zero-order valence-electron chi connectivity index (χ0n) is 28.4. The van der Waals surface area contributed by atoms with Crippen LogP contribution in [0.15, 0.2) is 205 Å². The van der Waals surface area contributed by atoms with Crippen LogP contribution in [0.5, 0.6) is 0 Å². The van der Waals surface area contributed by atoms with Gasteiger partial charge in [0, 0.05) is 22.0 Å². The summed E-state index contributed by atoms with van der Waals surface area (Å²) in [6, 6.07) is 71.7. The molecular formula is C50H33NO. The molecule has 0 aliphatic rings. The van der Waals surface area contributed by atoms with Crippen LogP contribution >= 0.6 is 0 Å². The molecule has 244 valence electrons. The number of hydrogen-bond donors (Lipinski definition) is 0. The van der Waals surface area contributed by atoms with E-state index >= 15 is 0 Å². The maximum Gasteiger partial charge on any atom is 0.159 e. The van der Waals surface area contributed by atoms with Gasteiger partial charge in [-0.1, -0.05) is 170 Å². The summed E-state index contributed by atoms with van der Waals surface area (Å²) in [6.45, 7) is 0. The summed E-state index contributed by atoms with van der Waals surface area (Å²) in [5.74, 6) is 0. The number of furan rings is 1. The van der Waals surface area contributed by atoms with Crippen LogP contribution in [0.1, 0.15) is 0 Å². The van der Waals surface area contributed by atoms with E-state index < -0.39 is 0 Å². The van der Waals surface area contributed by atoms with Gasteiger partial charge in [-0.2, -0.15) is 0 Å². The van der Waals surface area contributed by atoms with Crippen molar-refractivity contribution in [2.75, 3.05) is 4.90 Å². The molecule has 0 aliphatic heterocycles. The van der Waals surface area contributed by atoms with Crippen LogP contribution in [0.3, 0.4) is 0 Å². The van der Waals surface area contributed by atoms with Crippen LogP contribution in [0, 0.1) is 0 Å². The second-order valence-electron chi connectivity index (χ2n) is 13.3. The summed E-state index contributed by atoms with van der Waals surface area (Å²) in [5.41, 5.74) is 11.9. The Morgan fingerprint density at radius 3 is 1.71 bits per heavy atom. The predicted molar refractivity (Wildman–Crippen MR) is 220 cm³/mol. The molecule has 0 saturated carbocycles. The molecule has 10 aromatic rings. The van der Waals surface area contributed by atoms with Crippen molar-refractivity contribution in [3.8, 4) is 33.4 Å². The molecule has 0 atom stereocenters. The SMILES string of the molecule is c1ccc(-c2ccccc2-c2ccccc2-c2ccccc2N(c2ccc3c(ccc4ccccc43)c2)c2cccc3c2oc2ccccc23)cc1. The smallest absolute Gasteiger partial charge is 0.159 e. The Hall–Kier alpha value is -6.90. The summed E-state index contributed by atoms with van der Waals surface area (Å²) in [5, 5.41) is 7.13. The molecule has 2 nitrogen and oxygen atoms in total. The van der Waals surface area contributed by atoms with E-state index in [0.29, 0.717) is 0 Å². The lowest BCUT2D eigenvalue weighted by Crippen LogP contribution is -2.11. The number of rotatable bonds is 6. The lowest BCUT2D eigenvalue weighted by Gasteiger charge is -2.29. The highest BCUT2D eigenvalue weighted by molar-refractivity contribution is 6.12. The van der Waals surface area contributed by atoms with Crippen molar-refractivity contribution in [1.82, 2.24) is 0 Å². The Morgan fingerprint density at radius 1 is 0.327 bits per heavy atom. The van der Waals surface area contributed by atoms with Crippen molar-refractivity contribution in [2.45, 2.75) is 0 Å². The third-order valence-corrected chi connectivity index (χ3v) is 10.3. The van der Waals surface area contributed by atoms with Gasteiger partial charge in [0.25, 0.3) is 0 Å². The molecule has 0 amide bonds. The first-order chi connectivity index (χ1) is 25.8. The molecule has 0 fully saturated rings. The normalized spacial score (nSPS) is 11.5. The molecule has 0 saturated heterocycles. The monoisotopic (exact) mass is 663 g/mol. The first-order valence-electron chi connectivity index (χ1n) is 17.8. The summed E-state index contributed by atoms with van der Waals surface area (Å²) < 4.78 is 6.71. The minimum Gasteiger partial charge on any atom is -0.454 e. The van der Waals surface area contributed by atoms with Crippen molar-refractivity contribution in [1.29, 1.82) is 0 Å². The summed E-state index contributed by atoms with van der Waals surface area (Å²) in [7, 11) is 0. The van der Waals surface area contributed by atoms with Crippen molar-refractivity contribution in [3.05, 3.63) is 200 Å². The van der Waals surface area contributed by atoms with Gasteiger partial charge < -0.3 is 9.32 Å². The Bertz CT molecular complexity index is 2920. The van der Waals surface area contributed by atoms with Gasteiger partial charge in [0.05, 0.1) is 11.4 Å². The zero-order valence-corrected chi connectivity index (χ0v) is 28.4. The van der Waals surface area contributed by atoms with Gasteiger partial charge in [-0.05, 0) is 79.7 Å². The third kappa shape index (κ3) is 4.96. The first kappa shape index (κ1) is 30.0. The molecule has 2 heteroatoms. The van der Waals surface area contributed by atoms with Crippen molar-refractivity contribution in [3.63, 3.8) is 0 Å². The lowest BCUT2D eigenvalue weighted by atomic mass is 9.88. The van der Waals surface area contributed by atoms with Crippen LogP contribution in [-0.4, -0.2) is 0 Å². The maximum absolute atomic E-state index is 6.71. The van der Waals surface area contributed by atoms with Crippen LogP contribution in [0.25, 0.3) is 76.9 Å². The molecule has 1 aromatic heterocycles. The van der Waals surface area contributed by atoms with Crippen molar-refractivity contribution < 1.29 is 4.42 Å². The van der Waals surface area contributed by atoms with Crippen molar-refractivity contribution in [2.24, 2.45) is 0 Å². The van der Waals surface area contributed by atoms with E-state index in [-0.39, 0.29) is 0 Å². The quantitative estimate of drug-likeness (QED) is 0.165. The molecule has 0 N–H and O–H groups in total. The fourth-order valence-corrected chi connectivity index (χ4v) is 7.89. The van der Waals surface area contributed by atoms with Gasteiger partial charge in [0.15, 0.2) is 5.58 Å². The largest absolute Gasteiger partial charge is 0.454 e. The van der Waals surface area contributed by atoms with Gasteiger partial charge >= 0.3 is 0 Å². The Balaban J connectivity index is 1.24. The number of hydrogen-bond acceptors (Lipinski definition) is 2. The fourth-order valence-electron chi connectivity index (χ4n) is 7.89. The van der Waals surface area contributed by atoms with Crippen molar-refractivity contribution >= 4 is 60.5 Å². The summed E-state index contributed by atoms with van der Waals surface area (Å²) in [4.78, 5) is 2.38. The Kier molecular flexibility index (Phi) is 7.18. The van der Waals surface area contributed by atoms with Crippen LogP contribution in [0.2, 0.25) is 0 Å². The standard InChI is InChI=1S/C50H33NO/c1-2-15-34(16-3-1)39-19-6-7-20-41(39)42-21-8-9-22-43(42)44-23-10-12-26-47(44)51(48-27-14-25-46-45-24-11-13-28-49(45)52-50(46)48)37-31-32-40-36(33-37)30-29-35-17-4-5-18-38(35)40/h1-33H. The number of nitrogens with zero attached hydrogens (tertiary/aromatic N) is 1. The maximum atomic E-state index is 6.71. The lowest BCUT2D eigenvalue weighted by molar-refractivity contribution is 0.669. The average molecular weight is 664 g/mol. The number of fused-ring (bicyclic) bond motifs is 6. The van der Waals surface area contributed by atoms with Crippen LogP contribution in [0.4, 0.5) is 17.1 Å². The molecule has 0 aliphatic carbocycles. The summed E-state index contributed by atoms with van der Waals surface area (Å²) >= 11 is 0. The second kappa shape index (κ2) is 12.5. The van der Waals surface area contributed by atoms with Gasteiger partial charge in [-0.3, -0.25) is 0 Å². The molecule has 9 aromatic carbocycles. The number of para-hydroxylation sites is 3. The minimum absolute atomic E-state index is 0.861. The Morgan fingerprint density at radius 2 is 0.885 bits per heavy atom.